The van der Waals surface area contributed by atoms with Crippen LogP contribution < -0.4 is 4.72 Å². The summed E-state index contributed by atoms with van der Waals surface area (Å²) in [5.41, 5.74) is -0.213. The lowest BCUT2D eigenvalue weighted by Crippen LogP contribution is -2.27. The zero-order valence-electron chi connectivity index (χ0n) is 10.4. The van der Waals surface area contributed by atoms with Crippen LogP contribution in [0.5, 0.6) is 0 Å². The summed E-state index contributed by atoms with van der Waals surface area (Å²) in [4.78, 5) is 10.9. The van der Waals surface area contributed by atoms with E-state index in [4.69, 9.17) is 10.4 Å². The van der Waals surface area contributed by atoms with Crippen molar-refractivity contribution in [3.63, 3.8) is 0 Å². The quantitative estimate of drug-likeness (QED) is 0.754. The molecular formula is C10H9N5O4S2. The minimum absolute atomic E-state index is 0.0184. The Morgan fingerprint density at radius 3 is 2.86 bits per heavy atom. The van der Waals surface area contributed by atoms with Gasteiger partial charge in [-0.1, -0.05) is 5.21 Å². The number of aromatic carboxylic acids is 1. The van der Waals surface area contributed by atoms with E-state index in [-0.39, 0.29) is 23.0 Å². The summed E-state index contributed by atoms with van der Waals surface area (Å²) >= 11 is 0.870. The lowest BCUT2D eigenvalue weighted by Gasteiger charge is -2.04. The number of sulfonamides is 1. The van der Waals surface area contributed by atoms with Gasteiger partial charge >= 0.3 is 5.97 Å². The molecule has 2 aromatic heterocycles. The SMILES string of the molecule is N#Cc1ccc(S(=O)(=O)NCCn2cc(C(=O)O)nn2)s1. The lowest BCUT2D eigenvalue weighted by atomic mass is 10.5. The van der Waals surface area contributed by atoms with Gasteiger partial charge in [-0.25, -0.2) is 17.9 Å². The van der Waals surface area contributed by atoms with Gasteiger partial charge in [-0.05, 0) is 12.1 Å². The van der Waals surface area contributed by atoms with E-state index in [2.05, 4.69) is 15.0 Å². The Bertz CT molecular complexity index is 802. The molecule has 9 nitrogen and oxygen atoms in total. The summed E-state index contributed by atoms with van der Waals surface area (Å²) in [6.45, 7) is 0.153. The molecule has 0 aliphatic heterocycles. The van der Waals surface area contributed by atoms with Crippen LogP contribution >= 0.6 is 11.3 Å². The fourth-order valence-corrected chi connectivity index (χ4v) is 3.57. The van der Waals surface area contributed by atoms with E-state index in [1.807, 2.05) is 6.07 Å². The van der Waals surface area contributed by atoms with Crippen LogP contribution in [0, 0.1) is 11.3 Å². The van der Waals surface area contributed by atoms with Crippen molar-refractivity contribution in [1.29, 1.82) is 5.26 Å². The topological polar surface area (TPSA) is 138 Å². The highest BCUT2D eigenvalue weighted by Crippen LogP contribution is 2.20. The van der Waals surface area contributed by atoms with E-state index < -0.39 is 16.0 Å². The first-order valence-electron chi connectivity index (χ1n) is 5.55. The molecule has 0 atom stereocenters. The van der Waals surface area contributed by atoms with E-state index in [9.17, 15) is 13.2 Å². The van der Waals surface area contributed by atoms with E-state index in [0.29, 0.717) is 4.88 Å². The number of nitriles is 1. The van der Waals surface area contributed by atoms with Crippen LogP contribution in [0.1, 0.15) is 15.4 Å². The predicted molar refractivity (Wildman–Crippen MR) is 71.2 cm³/mol. The summed E-state index contributed by atoms with van der Waals surface area (Å²) in [5.74, 6) is -1.20. The molecule has 2 heterocycles. The van der Waals surface area contributed by atoms with Crippen LogP contribution in [-0.4, -0.2) is 41.0 Å². The molecule has 0 unspecified atom stereocenters. The van der Waals surface area contributed by atoms with Gasteiger partial charge in [0.25, 0.3) is 0 Å². The Morgan fingerprint density at radius 1 is 1.52 bits per heavy atom. The van der Waals surface area contributed by atoms with Gasteiger partial charge in [0.2, 0.25) is 10.0 Å². The standard InChI is InChI=1S/C10H9N5O4S2/c11-5-7-1-2-9(20-7)21(18,19)12-3-4-15-6-8(10(16)17)13-14-15/h1-2,6,12H,3-4H2,(H,16,17). The van der Waals surface area contributed by atoms with Gasteiger partial charge in [0.05, 0.1) is 12.7 Å². The highest BCUT2D eigenvalue weighted by Gasteiger charge is 2.16. The second-order valence-corrected chi connectivity index (χ2v) is 6.88. The molecule has 0 aliphatic rings. The first-order valence-corrected chi connectivity index (χ1v) is 7.85. The fraction of sp³-hybridized carbons (Fsp3) is 0.200. The van der Waals surface area contributed by atoms with Crippen LogP contribution in [0.3, 0.4) is 0 Å². The van der Waals surface area contributed by atoms with Gasteiger partial charge in [-0.2, -0.15) is 5.26 Å². The number of rotatable bonds is 6. The maximum Gasteiger partial charge on any atom is 0.358 e. The zero-order chi connectivity index (χ0) is 15.5. The van der Waals surface area contributed by atoms with E-state index in [0.717, 1.165) is 11.3 Å². The Labute approximate surface area is 123 Å². The van der Waals surface area contributed by atoms with Crippen LogP contribution in [0.25, 0.3) is 0 Å². The van der Waals surface area contributed by atoms with Crippen molar-refractivity contribution >= 4 is 27.3 Å². The Morgan fingerprint density at radius 2 is 2.29 bits per heavy atom. The molecule has 0 bridgehead atoms. The number of hydrogen-bond acceptors (Lipinski definition) is 7. The third-order valence-corrected chi connectivity index (χ3v) is 5.29. The Hall–Kier alpha value is -2.29. The molecule has 2 rings (SSSR count). The van der Waals surface area contributed by atoms with Crippen LogP contribution in [0.4, 0.5) is 0 Å². The van der Waals surface area contributed by atoms with Crippen molar-refractivity contribution in [3.8, 4) is 6.07 Å². The number of thiophene rings is 1. The lowest BCUT2D eigenvalue weighted by molar-refractivity contribution is 0.0690. The number of aromatic nitrogens is 3. The largest absolute Gasteiger partial charge is 0.476 e. The number of carbonyl (C=O) groups is 1. The van der Waals surface area contributed by atoms with E-state index in [1.165, 1.54) is 23.0 Å². The molecule has 110 valence electrons. The molecule has 0 aliphatic carbocycles. The van der Waals surface area contributed by atoms with Crippen molar-refractivity contribution in [2.45, 2.75) is 10.8 Å². The van der Waals surface area contributed by atoms with Crippen molar-refractivity contribution in [1.82, 2.24) is 19.7 Å². The third kappa shape index (κ3) is 3.63. The fourth-order valence-electron chi connectivity index (χ4n) is 1.40. The number of nitrogens with one attached hydrogen (secondary N) is 1. The zero-order valence-corrected chi connectivity index (χ0v) is 12.1. The molecule has 0 saturated heterocycles. The first-order chi connectivity index (χ1) is 9.92. The van der Waals surface area contributed by atoms with E-state index >= 15 is 0 Å². The van der Waals surface area contributed by atoms with Crippen LogP contribution in [-0.2, 0) is 16.6 Å². The van der Waals surface area contributed by atoms with Gasteiger partial charge in [0.1, 0.15) is 15.2 Å². The smallest absolute Gasteiger partial charge is 0.358 e. The summed E-state index contributed by atoms with van der Waals surface area (Å²) in [6, 6.07) is 4.64. The molecule has 0 amide bonds. The Kier molecular flexibility index (Phi) is 4.32. The average molecular weight is 327 g/mol. The monoisotopic (exact) mass is 327 g/mol. The van der Waals surface area contributed by atoms with Crippen LogP contribution in [0.15, 0.2) is 22.5 Å². The minimum atomic E-state index is -3.69. The van der Waals surface area contributed by atoms with Crippen molar-refractivity contribution in [2.24, 2.45) is 0 Å². The number of carboxylic acid groups (broad SMARTS) is 1. The minimum Gasteiger partial charge on any atom is -0.476 e. The molecule has 0 radical (unpaired) electrons. The predicted octanol–water partition coefficient (Wildman–Crippen LogP) is -0.112. The third-order valence-electron chi connectivity index (χ3n) is 2.35. The van der Waals surface area contributed by atoms with Crippen LogP contribution in [0.2, 0.25) is 0 Å². The Balaban J connectivity index is 1.95. The highest BCUT2D eigenvalue weighted by atomic mass is 32.2. The maximum atomic E-state index is 11.9. The molecule has 0 aromatic carbocycles. The summed E-state index contributed by atoms with van der Waals surface area (Å²) in [7, 11) is -3.69. The second-order valence-electron chi connectivity index (χ2n) is 3.80. The summed E-state index contributed by atoms with van der Waals surface area (Å²) in [5, 5.41) is 24.3. The van der Waals surface area contributed by atoms with Gasteiger partial charge in [-0.3, -0.25) is 4.68 Å². The second kappa shape index (κ2) is 6.00. The van der Waals surface area contributed by atoms with Gasteiger partial charge in [0.15, 0.2) is 5.69 Å². The average Bonchev–Trinajstić information content (AvgIpc) is 3.07. The highest BCUT2D eigenvalue weighted by molar-refractivity contribution is 7.91. The molecule has 0 saturated carbocycles. The molecule has 11 heteroatoms. The van der Waals surface area contributed by atoms with Crippen molar-refractivity contribution in [3.05, 3.63) is 28.9 Å². The molecule has 2 aromatic rings. The normalized spacial score (nSPS) is 11.2. The molecule has 2 N–H and O–H groups in total. The number of nitrogens with zero attached hydrogens (tertiary/aromatic N) is 4. The maximum absolute atomic E-state index is 11.9. The molecule has 0 spiro atoms. The molecule has 0 fully saturated rings. The summed E-state index contributed by atoms with van der Waals surface area (Å²) in [6.07, 6.45) is 1.20. The molecular weight excluding hydrogens is 318 g/mol. The number of carboxylic acids is 1. The van der Waals surface area contributed by atoms with E-state index in [1.54, 1.807) is 0 Å². The van der Waals surface area contributed by atoms with Crippen molar-refractivity contribution < 1.29 is 18.3 Å². The van der Waals surface area contributed by atoms with Gasteiger partial charge in [0, 0.05) is 6.54 Å². The first kappa shape index (κ1) is 15.1. The van der Waals surface area contributed by atoms with Gasteiger partial charge in [-0.15, -0.1) is 16.4 Å². The molecule has 21 heavy (non-hydrogen) atoms. The number of hydrogen-bond donors (Lipinski definition) is 2. The van der Waals surface area contributed by atoms with Gasteiger partial charge < -0.3 is 5.11 Å². The van der Waals surface area contributed by atoms with Crippen molar-refractivity contribution in [2.75, 3.05) is 6.54 Å². The summed E-state index contributed by atoms with van der Waals surface area (Å²) < 4.78 is 27.4.